The summed E-state index contributed by atoms with van der Waals surface area (Å²) >= 11 is 1.59. The summed E-state index contributed by atoms with van der Waals surface area (Å²) in [6.45, 7) is 28.7. The van der Waals surface area contributed by atoms with E-state index in [1.165, 1.54) is 0 Å². The van der Waals surface area contributed by atoms with Gasteiger partial charge in [0, 0.05) is 57.6 Å². The minimum absolute atomic E-state index is 0.462. The smallest absolute Gasteiger partial charge is 0.192 e. The summed E-state index contributed by atoms with van der Waals surface area (Å²) in [6, 6.07) is 10.2. The van der Waals surface area contributed by atoms with Crippen molar-refractivity contribution < 1.29 is 4.74 Å². The van der Waals surface area contributed by atoms with Gasteiger partial charge in [0.2, 0.25) is 0 Å². The van der Waals surface area contributed by atoms with Crippen molar-refractivity contribution in [2.24, 2.45) is 10.7 Å². The van der Waals surface area contributed by atoms with Crippen molar-refractivity contribution in [3.63, 3.8) is 0 Å². The van der Waals surface area contributed by atoms with Gasteiger partial charge < -0.3 is 25.3 Å². The number of nitrogens with one attached hydrogen (secondary N) is 1. The van der Waals surface area contributed by atoms with E-state index in [-0.39, 0.29) is 0 Å². The molecule has 5 heterocycles. The number of ether oxygens (including phenoxy) is 1. The van der Waals surface area contributed by atoms with Gasteiger partial charge in [0.15, 0.2) is 16.3 Å². The molecule has 6 rings (SSSR count). The number of allylic oxidation sites excluding steroid dienone is 2. The van der Waals surface area contributed by atoms with Crippen LogP contribution >= 0.6 is 11.3 Å². The molecule has 14 heteroatoms. The van der Waals surface area contributed by atoms with Crippen LogP contribution in [0, 0.1) is 13.8 Å². The van der Waals surface area contributed by atoms with Crippen LogP contribution in [-0.2, 0) is 26.2 Å². The average molecular weight is 803 g/mol. The molecular weight excluding hydrogens is 745 g/mol. The Bertz CT molecular complexity index is 2510. The third-order valence-electron chi connectivity index (χ3n) is 9.95. The lowest BCUT2D eigenvalue weighted by Gasteiger charge is -2.21. The molecule has 0 bridgehead atoms. The molecule has 1 aromatic carbocycles. The van der Waals surface area contributed by atoms with E-state index in [2.05, 4.69) is 89.2 Å². The number of thiazole rings is 1. The highest BCUT2D eigenvalue weighted by atomic mass is 32.1. The van der Waals surface area contributed by atoms with Gasteiger partial charge in [-0.15, -0.1) is 6.58 Å². The second-order valence-corrected chi connectivity index (χ2v) is 15.3. The number of benzene rings is 1. The molecule has 0 fully saturated rings. The van der Waals surface area contributed by atoms with E-state index in [4.69, 9.17) is 30.5 Å². The first-order valence-corrected chi connectivity index (χ1v) is 21.0. The molecule has 58 heavy (non-hydrogen) atoms. The SMILES string of the molecule is C=CCCN(CCC)CCCOc1cc(C(=C)N)cc2nc(-c3cc(C)nn3CC)n(C/C=C/Cn3c(=NC(=C)c4cc(C)nn4CC)sc4cc(NC)cnc43)c12. The Balaban J connectivity index is 1.38. The highest BCUT2D eigenvalue weighted by Gasteiger charge is 2.21. The fourth-order valence-corrected chi connectivity index (χ4v) is 8.22. The molecule has 0 unspecified atom stereocenters. The van der Waals surface area contributed by atoms with Crippen LogP contribution < -0.4 is 20.6 Å². The van der Waals surface area contributed by atoms with Gasteiger partial charge in [-0.25, -0.2) is 15.0 Å². The molecule has 0 aliphatic heterocycles. The minimum atomic E-state index is 0.462. The molecular formula is C44H58N12OS. The molecule has 3 N–H and O–H groups in total. The number of rotatable bonds is 21. The quantitative estimate of drug-likeness (QED) is 0.0553. The zero-order valence-corrected chi connectivity index (χ0v) is 35.8. The molecule has 0 spiro atoms. The third-order valence-corrected chi connectivity index (χ3v) is 11.0. The average Bonchev–Trinajstić information content (AvgIpc) is 3.98. The Morgan fingerprint density at radius 3 is 2.41 bits per heavy atom. The molecule has 0 saturated heterocycles. The molecule has 0 atom stereocenters. The maximum atomic E-state index is 6.64. The predicted octanol–water partition coefficient (Wildman–Crippen LogP) is 8.02. The zero-order valence-electron chi connectivity index (χ0n) is 35.0. The maximum Gasteiger partial charge on any atom is 0.192 e. The van der Waals surface area contributed by atoms with Crippen LogP contribution in [0.25, 0.3) is 44.3 Å². The van der Waals surface area contributed by atoms with Crippen molar-refractivity contribution in [3.05, 3.63) is 102 Å². The number of hydrogen-bond acceptors (Lipinski definition) is 10. The fourth-order valence-electron chi connectivity index (χ4n) is 7.16. The highest BCUT2D eigenvalue weighted by molar-refractivity contribution is 7.16. The Morgan fingerprint density at radius 1 is 0.966 bits per heavy atom. The van der Waals surface area contributed by atoms with Gasteiger partial charge in [-0.3, -0.25) is 13.9 Å². The molecule has 0 saturated carbocycles. The Hall–Kier alpha value is -5.73. The Morgan fingerprint density at radius 2 is 1.71 bits per heavy atom. The number of pyridine rings is 1. The maximum absolute atomic E-state index is 6.64. The number of nitrogens with zero attached hydrogens (tertiary/aromatic N) is 10. The van der Waals surface area contributed by atoms with Crippen molar-refractivity contribution in [2.45, 2.75) is 80.1 Å². The first-order valence-electron chi connectivity index (χ1n) is 20.2. The molecule has 0 radical (unpaired) electrons. The van der Waals surface area contributed by atoms with E-state index in [0.717, 1.165) is 117 Å². The third kappa shape index (κ3) is 9.35. The van der Waals surface area contributed by atoms with Crippen LogP contribution in [-0.4, -0.2) is 76.9 Å². The van der Waals surface area contributed by atoms with Gasteiger partial charge in [0.25, 0.3) is 0 Å². The highest BCUT2D eigenvalue weighted by Crippen LogP contribution is 2.34. The summed E-state index contributed by atoms with van der Waals surface area (Å²) in [7, 11) is 1.90. The second-order valence-electron chi connectivity index (χ2n) is 14.3. The van der Waals surface area contributed by atoms with E-state index in [1.54, 1.807) is 11.3 Å². The van der Waals surface area contributed by atoms with Crippen molar-refractivity contribution in [2.75, 3.05) is 38.6 Å². The van der Waals surface area contributed by atoms with E-state index in [1.807, 2.05) is 60.7 Å². The number of aryl methyl sites for hydroxylation is 4. The minimum Gasteiger partial charge on any atom is -0.491 e. The zero-order chi connectivity index (χ0) is 41.3. The van der Waals surface area contributed by atoms with Gasteiger partial charge in [0.1, 0.15) is 17.0 Å². The number of anilines is 1. The lowest BCUT2D eigenvalue weighted by molar-refractivity contribution is 0.237. The fraction of sp³-hybridized carbons (Fsp3) is 0.386. The van der Waals surface area contributed by atoms with Crippen molar-refractivity contribution in [1.29, 1.82) is 0 Å². The summed E-state index contributed by atoms with van der Waals surface area (Å²) in [5, 5.41) is 12.6. The van der Waals surface area contributed by atoms with E-state index in [0.29, 0.717) is 37.6 Å². The topological polar surface area (TPSA) is 134 Å². The first-order chi connectivity index (χ1) is 28.1. The predicted molar refractivity (Wildman–Crippen MR) is 240 cm³/mol. The summed E-state index contributed by atoms with van der Waals surface area (Å²) < 4.78 is 15.9. The van der Waals surface area contributed by atoms with E-state index in [9.17, 15) is 0 Å². The molecule has 0 amide bonds. The van der Waals surface area contributed by atoms with Crippen molar-refractivity contribution >= 4 is 49.8 Å². The van der Waals surface area contributed by atoms with Gasteiger partial charge >= 0.3 is 0 Å². The van der Waals surface area contributed by atoms with Crippen LogP contribution in [0.15, 0.2) is 79.5 Å². The number of aromatic nitrogens is 8. The standard InChI is InChI=1S/C44H58N12OS/c1-10-14-19-52(18-11-2)20-17-23-57-39-27-34(32(7)45)26-36-41(39)53(42(49-36)38-25-31(6)51-56(38)13-4)21-15-16-22-54-43-40(28-35(46-9)29-47-43)58-44(54)48-33(8)37-24-30(5)50-55(37)12-3/h10,15-16,24-29,46H,1,7-8,11-14,17-23,45H2,2-6,9H3/b16-15+,48-44?. The van der Waals surface area contributed by atoms with E-state index >= 15 is 0 Å². The summed E-state index contributed by atoms with van der Waals surface area (Å²) in [6.07, 6.45) is 11.1. The lowest BCUT2D eigenvalue weighted by Crippen LogP contribution is -2.27. The van der Waals surface area contributed by atoms with E-state index < -0.39 is 0 Å². The molecule has 13 nitrogen and oxygen atoms in total. The van der Waals surface area contributed by atoms with Crippen molar-refractivity contribution in [3.8, 4) is 17.3 Å². The van der Waals surface area contributed by atoms with Gasteiger partial charge in [-0.2, -0.15) is 10.2 Å². The molecule has 5 aromatic heterocycles. The molecule has 306 valence electrons. The summed E-state index contributed by atoms with van der Waals surface area (Å²) in [5.41, 5.74) is 15.4. The summed E-state index contributed by atoms with van der Waals surface area (Å²) in [4.78, 5) is 18.4. The van der Waals surface area contributed by atoms with Gasteiger partial charge in [-0.05, 0) is 83.8 Å². The number of hydrogen-bond donors (Lipinski definition) is 2. The number of nitrogens with two attached hydrogens (primary N) is 1. The van der Waals surface area contributed by atoms with Crippen LogP contribution in [0.1, 0.15) is 62.7 Å². The van der Waals surface area contributed by atoms with Crippen LogP contribution in [0.5, 0.6) is 5.75 Å². The number of imidazole rings is 1. The first kappa shape index (κ1) is 41.9. The van der Waals surface area contributed by atoms with Crippen LogP contribution in [0.4, 0.5) is 5.69 Å². The number of fused-ring (bicyclic) bond motifs is 2. The molecule has 6 aromatic rings. The van der Waals surface area contributed by atoms with Crippen LogP contribution in [0.3, 0.4) is 0 Å². The lowest BCUT2D eigenvalue weighted by atomic mass is 10.1. The monoisotopic (exact) mass is 802 g/mol. The second kappa shape index (κ2) is 19.1. The van der Waals surface area contributed by atoms with Crippen molar-refractivity contribution in [1.82, 2.24) is 43.6 Å². The van der Waals surface area contributed by atoms with Gasteiger partial charge in [-0.1, -0.05) is 49.6 Å². The Kier molecular flexibility index (Phi) is 13.8. The Labute approximate surface area is 345 Å². The summed E-state index contributed by atoms with van der Waals surface area (Å²) in [5.74, 6) is 1.53. The molecule has 0 aliphatic carbocycles. The molecule has 0 aliphatic rings. The normalized spacial score (nSPS) is 12.2. The largest absolute Gasteiger partial charge is 0.491 e. The van der Waals surface area contributed by atoms with Crippen LogP contribution in [0.2, 0.25) is 0 Å². The van der Waals surface area contributed by atoms with Gasteiger partial charge in [0.05, 0.1) is 51.5 Å².